The van der Waals surface area contributed by atoms with Crippen molar-refractivity contribution in [2.24, 2.45) is 5.41 Å². The maximum absolute atomic E-state index is 12.3. The SMILES string of the molecule is Cc1occc1-c1nnc(SCC(=O)C(C)(C)C)n1Cc1ccccc1. The molecule has 3 rings (SSSR count). The second-order valence-corrected chi connectivity index (χ2v) is 8.17. The van der Waals surface area contributed by atoms with E-state index in [0.29, 0.717) is 12.3 Å². The van der Waals surface area contributed by atoms with Gasteiger partial charge in [-0.3, -0.25) is 9.36 Å². The molecule has 1 aromatic carbocycles. The zero-order valence-electron chi connectivity index (χ0n) is 15.5. The van der Waals surface area contributed by atoms with Gasteiger partial charge in [0.05, 0.1) is 24.1 Å². The first-order valence-corrected chi connectivity index (χ1v) is 9.52. The van der Waals surface area contributed by atoms with Gasteiger partial charge in [-0.2, -0.15) is 0 Å². The van der Waals surface area contributed by atoms with Gasteiger partial charge in [-0.15, -0.1) is 10.2 Å². The third kappa shape index (κ3) is 4.07. The maximum Gasteiger partial charge on any atom is 0.192 e. The van der Waals surface area contributed by atoms with E-state index in [9.17, 15) is 4.79 Å². The molecule has 0 atom stereocenters. The fraction of sp³-hybridized carbons (Fsp3) is 0.350. The van der Waals surface area contributed by atoms with Gasteiger partial charge in [0.15, 0.2) is 11.0 Å². The van der Waals surface area contributed by atoms with Gasteiger partial charge in [0.25, 0.3) is 0 Å². The van der Waals surface area contributed by atoms with E-state index in [0.717, 1.165) is 27.9 Å². The van der Waals surface area contributed by atoms with Gasteiger partial charge >= 0.3 is 0 Å². The summed E-state index contributed by atoms with van der Waals surface area (Å²) in [5.41, 5.74) is 1.71. The summed E-state index contributed by atoms with van der Waals surface area (Å²) in [6, 6.07) is 12.1. The number of furan rings is 1. The van der Waals surface area contributed by atoms with Crippen molar-refractivity contribution in [2.45, 2.75) is 39.4 Å². The second-order valence-electron chi connectivity index (χ2n) is 7.23. The number of rotatable bonds is 6. The van der Waals surface area contributed by atoms with Crippen molar-refractivity contribution in [1.29, 1.82) is 0 Å². The fourth-order valence-electron chi connectivity index (χ4n) is 2.47. The van der Waals surface area contributed by atoms with Crippen LogP contribution in [0.25, 0.3) is 11.4 Å². The van der Waals surface area contributed by atoms with Crippen LogP contribution in [-0.2, 0) is 11.3 Å². The Morgan fingerprint density at radius 1 is 1.15 bits per heavy atom. The Balaban J connectivity index is 1.93. The Hall–Kier alpha value is -2.34. The highest BCUT2D eigenvalue weighted by molar-refractivity contribution is 7.99. The first-order valence-electron chi connectivity index (χ1n) is 8.54. The smallest absolute Gasteiger partial charge is 0.192 e. The summed E-state index contributed by atoms with van der Waals surface area (Å²) in [4.78, 5) is 12.3. The van der Waals surface area contributed by atoms with Crippen LogP contribution < -0.4 is 0 Å². The Bertz CT molecular complexity index is 891. The molecule has 26 heavy (non-hydrogen) atoms. The van der Waals surface area contributed by atoms with Crippen LogP contribution in [0, 0.1) is 12.3 Å². The molecule has 0 saturated heterocycles. The Morgan fingerprint density at radius 2 is 1.88 bits per heavy atom. The molecule has 0 aliphatic heterocycles. The van der Waals surface area contributed by atoms with Crippen LogP contribution in [0.2, 0.25) is 0 Å². The molecule has 0 amide bonds. The number of aryl methyl sites for hydroxylation is 1. The van der Waals surface area contributed by atoms with E-state index >= 15 is 0 Å². The largest absolute Gasteiger partial charge is 0.469 e. The summed E-state index contributed by atoms with van der Waals surface area (Å²) in [7, 11) is 0. The van der Waals surface area contributed by atoms with E-state index in [-0.39, 0.29) is 11.2 Å². The lowest BCUT2D eigenvalue weighted by Gasteiger charge is -2.16. The molecule has 3 aromatic rings. The first-order chi connectivity index (χ1) is 12.4. The minimum atomic E-state index is -0.360. The Morgan fingerprint density at radius 3 is 2.50 bits per heavy atom. The molecule has 0 radical (unpaired) electrons. The van der Waals surface area contributed by atoms with Crippen LogP contribution in [0.5, 0.6) is 0 Å². The Kier molecular flexibility index (Phi) is 5.32. The predicted octanol–water partition coefficient (Wildman–Crippen LogP) is 4.60. The second kappa shape index (κ2) is 7.50. The predicted molar refractivity (Wildman–Crippen MR) is 103 cm³/mol. The number of aromatic nitrogens is 3. The molecule has 0 N–H and O–H groups in total. The van der Waals surface area contributed by atoms with Crippen LogP contribution in [0.1, 0.15) is 32.1 Å². The van der Waals surface area contributed by atoms with Crippen LogP contribution in [0.4, 0.5) is 0 Å². The normalized spacial score (nSPS) is 11.7. The lowest BCUT2D eigenvalue weighted by Crippen LogP contribution is -2.22. The molecule has 136 valence electrons. The molecule has 2 heterocycles. The molecule has 0 spiro atoms. The first kappa shape index (κ1) is 18.5. The average Bonchev–Trinajstić information content (AvgIpc) is 3.18. The van der Waals surface area contributed by atoms with E-state index in [2.05, 4.69) is 22.3 Å². The van der Waals surface area contributed by atoms with E-state index in [1.807, 2.05) is 56.5 Å². The maximum atomic E-state index is 12.3. The molecule has 0 saturated carbocycles. The summed E-state index contributed by atoms with van der Waals surface area (Å²) in [6.45, 7) is 8.35. The lowest BCUT2D eigenvalue weighted by atomic mass is 9.92. The number of thioether (sulfide) groups is 1. The van der Waals surface area contributed by atoms with Gasteiger partial charge in [0.1, 0.15) is 11.5 Å². The number of carbonyl (C=O) groups is 1. The van der Waals surface area contributed by atoms with E-state index in [1.54, 1.807) is 6.26 Å². The molecule has 0 aliphatic carbocycles. The summed E-state index contributed by atoms with van der Waals surface area (Å²) >= 11 is 1.43. The van der Waals surface area contributed by atoms with Crippen molar-refractivity contribution in [2.75, 3.05) is 5.75 Å². The quantitative estimate of drug-likeness (QED) is 0.594. The topological polar surface area (TPSA) is 60.9 Å². The average molecular weight is 369 g/mol. The molecule has 0 fully saturated rings. The number of carbonyl (C=O) groups excluding carboxylic acids is 1. The summed E-state index contributed by atoms with van der Waals surface area (Å²) < 4.78 is 7.48. The number of hydrogen-bond acceptors (Lipinski definition) is 5. The van der Waals surface area contributed by atoms with Crippen LogP contribution in [0.3, 0.4) is 0 Å². The highest BCUT2D eigenvalue weighted by Crippen LogP contribution is 2.29. The Labute approximate surface area is 157 Å². The number of nitrogens with zero attached hydrogens (tertiary/aromatic N) is 3. The van der Waals surface area contributed by atoms with Crippen molar-refractivity contribution in [3.05, 3.63) is 54.0 Å². The summed E-state index contributed by atoms with van der Waals surface area (Å²) in [5.74, 6) is 2.12. The third-order valence-corrected chi connectivity index (χ3v) is 5.14. The van der Waals surface area contributed by atoms with Crippen LogP contribution in [-0.4, -0.2) is 26.3 Å². The van der Waals surface area contributed by atoms with Crippen LogP contribution >= 0.6 is 11.8 Å². The molecule has 2 aromatic heterocycles. The molecule has 5 nitrogen and oxygen atoms in total. The van der Waals surface area contributed by atoms with Gasteiger partial charge < -0.3 is 4.42 Å². The number of ketones is 1. The minimum absolute atomic E-state index is 0.192. The number of benzene rings is 1. The number of hydrogen-bond donors (Lipinski definition) is 0. The van der Waals surface area contributed by atoms with Gasteiger partial charge in [0.2, 0.25) is 0 Å². The van der Waals surface area contributed by atoms with Crippen molar-refractivity contribution in [3.63, 3.8) is 0 Å². The summed E-state index contributed by atoms with van der Waals surface area (Å²) in [6.07, 6.45) is 1.65. The minimum Gasteiger partial charge on any atom is -0.469 e. The van der Waals surface area contributed by atoms with Crippen molar-refractivity contribution >= 4 is 17.5 Å². The third-order valence-electron chi connectivity index (χ3n) is 4.17. The molecular formula is C20H23N3O2S. The molecule has 0 unspecified atom stereocenters. The summed E-state index contributed by atoms with van der Waals surface area (Å²) in [5, 5.41) is 9.46. The fourth-order valence-corrected chi connectivity index (χ4v) is 3.57. The monoisotopic (exact) mass is 369 g/mol. The van der Waals surface area contributed by atoms with Gasteiger partial charge in [-0.05, 0) is 18.6 Å². The zero-order valence-corrected chi connectivity index (χ0v) is 16.3. The van der Waals surface area contributed by atoms with Crippen molar-refractivity contribution in [3.8, 4) is 11.4 Å². The highest BCUT2D eigenvalue weighted by Gasteiger charge is 2.23. The van der Waals surface area contributed by atoms with E-state index in [4.69, 9.17) is 4.42 Å². The molecule has 0 bridgehead atoms. The standard InChI is InChI=1S/C20H23N3O2S/c1-14-16(10-11-25-14)18-21-22-19(26-13-17(24)20(2,3)4)23(18)12-15-8-6-5-7-9-15/h5-11H,12-13H2,1-4H3. The van der Waals surface area contributed by atoms with Crippen molar-refractivity contribution in [1.82, 2.24) is 14.8 Å². The molecule has 0 aliphatic rings. The lowest BCUT2D eigenvalue weighted by molar-refractivity contribution is -0.123. The highest BCUT2D eigenvalue weighted by atomic mass is 32.2. The molecular weight excluding hydrogens is 346 g/mol. The van der Waals surface area contributed by atoms with Gasteiger partial charge in [-0.25, -0.2) is 0 Å². The zero-order chi connectivity index (χ0) is 18.7. The van der Waals surface area contributed by atoms with Crippen LogP contribution in [0.15, 0.2) is 52.2 Å². The van der Waals surface area contributed by atoms with E-state index in [1.165, 1.54) is 11.8 Å². The van der Waals surface area contributed by atoms with Crippen molar-refractivity contribution < 1.29 is 9.21 Å². The van der Waals surface area contributed by atoms with Gasteiger partial charge in [0, 0.05) is 5.41 Å². The number of Topliss-reactive ketones (excluding diaryl/α,β-unsaturated/α-hetero) is 1. The van der Waals surface area contributed by atoms with Gasteiger partial charge in [-0.1, -0.05) is 62.9 Å². The van der Waals surface area contributed by atoms with E-state index < -0.39 is 0 Å². The molecule has 6 heteroatoms.